The summed E-state index contributed by atoms with van der Waals surface area (Å²) in [4.78, 5) is 34.2. The molecule has 2 amide bonds. The molecule has 0 saturated carbocycles. The number of carbonyl (C=O) groups is 2. The number of pyridine rings is 2. The van der Waals surface area contributed by atoms with Gasteiger partial charge in [0.15, 0.2) is 0 Å². The normalized spacial score (nSPS) is 17.1. The second-order valence-electron chi connectivity index (χ2n) is 11.3. The van der Waals surface area contributed by atoms with Crippen molar-refractivity contribution in [3.63, 3.8) is 0 Å². The molecule has 3 heterocycles. The van der Waals surface area contributed by atoms with Gasteiger partial charge in [0.05, 0.1) is 25.9 Å². The molecule has 3 N–H and O–H groups in total. The van der Waals surface area contributed by atoms with Crippen molar-refractivity contribution in [2.45, 2.75) is 37.0 Å². The van der Waals surface area contributed by atoms with Gasteiger partial charge in [-0.05, 0) is 55.5 Å². The van der Waals surface area contributed by atoms with Crippen molar-refractivity contribution >= 4 is 22.7 Å². The Balaban J connectivity index is 1.58. The maximum atomic E-state index is 14.8. The topological polar surface area (TPSA) is 123 Å². The minimum Gasteiger partial charge on any atom is -0.494 e. The third kappa shape index (κ3) is 6.66. The van der Waals surface area contributed by atoms with E-state index < -0.39 is 78.6 Å². The van der Waals surface area contributed by atoms with Gasteiger partial charge in [-0.2, -0.15) is 13.2 Å². The molecule has 9 nitrogen and oxygen atoms in total. The number of rotatable bonds is 10. The highest BCUT2D eigenvalue weighted by Gasteiger charge is 2.58. The number of fused-ring (bicyclic) bond motifs is 2. The maximum Gasteiger partial charge on any atom is 0.424 e. The second kappa shape index (κ2) is 13.1. The van der Waals surface area contributed by atoms with E-state index in [1.165, 1.54) is 14.0 Å². The van der Waals surface area contributed by atoms with E-state index in [4.69, 9.17) is 9.47 Å². The molecule has 49 heavy (non-hydrogen) atoms. The summed E-state index contributed by atoms with van der Waals surface area (Å²) < 4.78 is 121. The number of hydrogen-bond donors (Lipinski definition) is 3. The van der Waals surface area contributed by atoms with Crippen LogP contribution in [0.2, 0.25) is 0 Å². The number of amides is 2. The van der Waals surface area contributed by atoms with Gasteiger partial charge in [-0.1, -0.05) is 0 Å². The van der Waals surface area contributed by atoms with Crippen LogP contribution in [0.15, 0.2) is 54.7 Å². The van der Waals surface area contributed by atoms with Crippen molar-refractivity contribution < 1.29 is 59.3 Å². The van der Waals surface area contributed by atoms with E-state index in [1.807, 2.05) is 10.6 Å². The van der Waals surface area contributed by atoms with Crippen LogP contribution in [0.5, 0.6) is 11.5 Å². The van der Waals surface area contributed by atoms with Gasteiger partial charge in [0.2, 0.25) is 11.5 Å². The molecule has 0 bridgehead atoms. The Labute approximate surface area is 272 Å². The molecule has 0 spiro atoms. The van der Waals surface area contributed by atoms with Crippen LogP contribution in [-0.2, 0) is 15.8 Å². The number of aromatic nitrogens is 2. The minimum absolute atomic E-state index is 0.0158. The Bertz CT molecular complexity index is 1910. The molecule has 1 aliphatic heterocycles. The number of halogens is 8. The number of carbonyl (C=O) groups excluding carboxylic acids is 2. The van der Waals surface area contributed by atoms with Crippen molar-refractivity contribution in [3.05, 3.63) is 82.9 Å². The fourth-order valence-electron chi connectivity index (χ4n) is 5.24. The lowest BCUT2D eigenvalue weighted by Crippen LogP contribution is -2.52. The largest absolute Gasteiger partial charge is 0.494 e. The van der Waals surface area contributed by atoms with E-state index in [-0.39, 0.29) is 44.8 Å². The van der Waals surface area contributed by atoms with E-state index in [2.05, 4.69) is 9.97 Å². The van der Waals surface area contributed by atoms with Gasteiger partial charge in [-0.15, -0.1) is 0 Å². The number of ether oxygens (including phenoxy) is 2. The van der Waals surface area contributed by atoms with Crippen molar-refractivity contribution in [2.24, 2.45) is 0 Å². The molecular formula is C32H26F8N4O5. The van der Waals surface area contributed by atoms with E-state index in [9.17, 15) is 49.8 Å². The summed E-state index contributed by atoms with van der Waals surface area (Å²) in [6, 6.07) is 8.25. The zero-order valence-electron chi connectivity index (χ0n) is 25.5. The molecule has 17 heteroatoms. The van der Waals surface area contributed by atoms with Crippen LogP contribution < -0.4 is 20.1 Å². The average molecular weight is 699 g/mol. The van der Waals surface area contributed by atoms with Gasteiger partial charge in [0, 0.05) is 33.8 Å². The standard InChI is InChI=1S/C32H26F8N4O5/c1-30(29(46)42-12-23(34)35)14-49-26-20(30)10-22(44-25(26)15-3-5-19(33)6-4-15)31(47,32(38,39)40)13-43-28(45)17-7-16-8-18(27(36)37)11-41-24(16)21(9-17)48-2/h3-11,23,27,47H,12-14H2,1-2H3,(H,42,46)(H,43,45). The van der Waals surface area contributed by atoms with Crippen LogP contribution in [-0.4, -0.2) is 66.3 Å². The van der Waals surface area contributed by atoms with Gasteiger partial charge in [0.1, 0.15) is 40.5 Å². The number of alkyl halides is 7. The molecule has 2 atom stereocenters. The van der Waals surface area contributed by atoms with Gasteiger partial charge in [0.25, 0.3) is 18.8 Å². The van der Waals surface area contributed by atoms with E-state index in [0.29, 0.717) is 0 Å². The van der Waals surface area contributed by atoms with Gasteiger partial charge >= 0.3 is 6.18 Å². The first kappa shape index (κ1) is 35.3. The quantitative estimate of drug-likeness (QED) is 0.185. The molecule has 2 aromatic carbocycles. The molecule has 0 radical (unpaired) electrons. The van der Waals surface area contributed by atoms with Crippen LogP contribution >= 0.6 is 0 Å². The number of nitrogens with zero attached hydrogens (tertiary/aromatic N) is 2. The van der Waals surface area contributed by atoms with E-state index >= 15 is 0 Å². The number of benzene rings is 2. The molecule has 0 saturated heterocycles. The zero-order valence-corrected chi connectivity index (χ0v) is 25.5. The first-order valence-corrected chi connectivity index (χ1v) is 14.3. The Morgan fingerprint density at radius 1 is 1.06 bits per heavy atom. The molecule has 0 aliphatic carbocycles. The summed E-state index contributed by atoms with van der Waals surface area (Å²) in [6.07, 6.45) is -10.5. The van der Waals surface area contributed by atoms with Gasteiger partial charge in [-0.25, -0.2) is 26.9 Å². The smallest absolute Gasteiger partial charge is 0.424 e. The molecule has 5 rings (SSSR count). The number of nitrogens with one attached hydrogen (secondary N) is 2. The minimum atomic E-state index is -5.54. The van der Waals surface area contributed by atoms with Crippen molar-refractivity contribution in [1.29, 1.82) is 0 Å². The zero-order chi connectivity index (χ0) is 35.9. The first-order valence-electron chi connectivity index (χ1n) is 14.3. The van der Waals surface area contributed by atoms with Crippen LogP contribution in [0.3, 0.4) is 0 Å². The lowest BCUT2D eigenvalue weighted by Gasteiger charge is -2.31. The lowest BCUT2D eigenvalue weighted by molar-refractivity contribution is -0.265. The van der Waals surface area contributed by atoms with Crippen molar-refractivity contribution in [3.8, 4) is 22.8 Å². The predicted molar refractivity (Wildman–Crippen MR) is 157 cm³/mol. The van der Waals surface area contributed by atoms with Gasteiger partial charge < -0.3 is 25.2 Å². The Morgan fingerprint density at radius 3 is 2.37 bits per heavy atom. The highest BCUT2D eigenvalue weighted by molar-refractivity contribution is 6.00. The highest BCUT2D eigenvalue weighted by Crippen LogP contribution is 2.48. The van der Waals surface area contributed by atoms with Crippen molar-refractivity contribution in [2.75, 3.05) is 26.8 Å². The molecule has 260 valence electrons. The molecule has 0 fully saturated rings. The molecule has 1 aliphatic rings. The summed E-state index contributed by atoms with van der Waals surface area (Å²) in [5.41, 5.74) is -8.20. The Kier molecular flexibility index (Phi) is 9.42. The molecule has 4 aromatic rings. The van der Waals surface area contributed by atoms with Crippen molar-refractivity contribution in [1.82, 2.24) is 20.6 Å². The average Bonchev–Trinajstić information content (AvgIpc) is 3.41. The summed E-state index contributed by atoms with van der Waals surface area (Å²) >= 11 is 0. The fourth-order valence-corrected chi connectivity index (χ4v) is 5.24. The summed E-state index contributed by atoms with van der Waals surface area (Å²) in [6.45, 7) is -1.89. The first-order chi connectivity index (χ1) is 23.0. The lowest BCUT2D eigenvalue weighted by atomic mass is 9.81. The summed E-state index contributed by atoms with van der Waals surface area (Å²) in [5.74, 6) is -3.16. The Hall–Kier alpha value is -5.06. The van der Waals surface area contributed by atoms with Crippen LogP contribution in [0.4, 0.5) is 35.1 Å². The molecule has 2 unspecified atom stereocenters. The number of hydrogen-bond acceptors (Lipinski definition) is 7. The SMILES string of the molecule is COc1cc(C(=O)NCC(O)(c2cc3c(c(-c4ccc(F)cc4)n2)OCC3(C)C(=O)NCC(F)F)C(F)(F)F)cc2cc(C(F)F)cnc12. The van der Waals surface area contributed by atoms with Crippen LogP contribution in [0.1, 0.15) is 40.5 Å². The number of methoxy groups -OCH3 is 1. The maximum absolute atomic E-state index is 14.8. The van der Waals surface area contributed by atoms with Crippen LogP contribution in [0.25, 0.3) is 22.2 Å². The number of aliphatic hydroxyl groups is 1. The third-order valence-electron chi connectivity index (χ3n) is 8.01. The van der Waals surface area contributed by atoms with Crippen LogP contribution in [0, 0.1) is 5.82 Å². The van der Waals surface area contributed by atoms with Gasteiger partial charge in [-0.3, -0.25) is 14.6 Å². The summed E-state index contributed by atoms with van der Waals surface area (Å²) in [7, 11) is 1.20. The Morgan fingerprint density at radius 2 is 1.76 bits per heavy atom. The second-order valence-corrected chi connectivity index (χ2v) is 11.3. The van der Waals surface area contributed by atoms with E-state index in [1.54, 1.807) is 0 Å². The predicted octanol–water partition coefficient (Wildman–Crippen LogP) is 5.59. The molecule has 2 aromatic heterocycles. The molecular weight excluding hydrogens is 672 g/mol. The summed E-state index contributed by atoms with van der Waals surface area (Å²) in [5, 5.41) is 15.3. The highest BCUT2D eigenvalue weighted by atomic mass is 19.4. The van der Waals surface area contributed by atoms with E-state index in [0.717, 1.165) is 54.7 Å². The third-order valence-corrected chi connectivity index (χ3v) is 8.01. The fraction of sp³-hybridized carbons (Fsp3) is 0.312. The monoisotopic (exact) mass is 698 g/mol.